The Morgan fingerprint density at radius 1 is 1.58 bits per heavy atom. The zero-order valence-electron chi connectivity index (χ0n) is 7.21. The smallest absolute Gasteiger partial charge is 0.237 e. The highest BCUT2D eigenvalue weighted by atomic mass is 16.2. The summed E-state index contributed by atoms with van der Waals surface area (Å²) in [5.41, 5.74) is 5.01. The molecule has 4 nitrogen and oxygen atoms in total. The molecule has 1 aliphatic heterocycles. The minimum absolute atomic E-state index is 0.131. The predicted octanol–water partition coefficient (Wildman–Crippen LogP) is -1.32. The number of likely N-dealkylation sites (N-methyl/N-ethyl adjacent to an activating group) is 1. The molecule has 66 valence electrons. The lowest BCUT2D eigenvalue weighted by molar-refractivity contribution is -0.134. The van der Waals surface area contributed by atoms with Gasteiger partial charge in [-0.15, -0.1) is 0 Å². The van der Waals surface area contributed by atoms with Gasteiger partial charge in [-0.05, 0) is 7.05 Å². The summed E-state index contributed by atoms with van der Waals surface area (Å²) in [5.74, 6) is 2.81. The maximum Gasteiger partial charge on any atom is 0.237 e. The van der Waals surface area contributed by atoms with Gasteiger partial charge in [0.2, 0.25) is 5.91 Å². The van der Waals surface area contributed by atoms with Crippen molar-refractivity contribution >= 4 is 5.91 Å². The Morgan fingerprint density at radius 2 is 2.33 bits per heavy atom. The van der Waals surface area contributed by atoms with Crippen molar-refractivity contribution in [1.82, 2.24) is 9.80 Å². The molecule has 0 bridgehead atoms. The first-order chi connectivity index (χ1) is 5.74. The van der Waals surface area contributed by atoms with Gasteiger partial charge >= 0.3 is 0 Å². The zero-order valence-corrected chi connectivity index (χ0v) is 7.21. The van der Waals surface area contributed by atoms with Crippen LogP contribution in [0.15, 0.2) is 0 Å². The largest absolute Gasteiger partial charge is 0.359 e. The van der Waals surface area contributed by atoms with Crippen molar-refractivity contribution in [3.05, 3.63) is 0 Å². The van der Waals surface area contributed by atoms with Gasteiger partial charge in [0.05, 0.1) is 13.1 Å². The second kappa shape index (κ2) is 3.98. The van der Waals surface area contributed by atoms with E-state index >= 15 is 0 Å². The van der Waals surface area contributed by atoms with Crippen molar-refractivity contribution in [1.29, 1.82) is 0 Å². The van der Waals surface area contributed by atoms with Crippen LogP contribution in [0, 0.1) is 12.0 Å². The van der Waals surface area contributed by atoms with Crippen LogP contribution in [-0.4, -0.2) is 48.9 Å². The van der Waals surface area contributed by atoms with E-state index in [1.54, 1.807) is 4.90 Å². The van der Waals surface area contributed by atoms with E-state index in [0.29, 0.717) is 13.1 Å². The second-order valence-electron chi connectivity index (χ2n) is 2.87. The summed E-state index contributed by atoms with van der Waals surface area (Å²) in [4.78, 5) is 15.0. The van der Waals surface area contributed by atoms with E-state index in [0.717, 1.165) is 13.1 Å². The van der Waals surface area contributed by atoms with E-state index in [1.807, 2.05) is 11.9 Å². The molecule has 12 heavy (non-hydrogen) atoms. The highest BCUT2D eigenvalue weighted by Gasteiger charge is 2.19. The lowest BCUT2D eigenvalue weighted by Crippen LogP contribution is -2.48. The summed E-state index contributed by atoms with van der Waals surface area (Å²) in [7, 11) is 1.93. The molecule has 0 unspecified atom stereocenters. The average molecular weight is 167 g/mol. The van der Waals surface area contributed by atoms with Crippen LogP contribution < -0.4 is 5.73 Å². The van der Waals surface area contributed by atoms with Crippen LogP contribution in [0.3, 0.4) is 0 Å². The molecule has 0 aromatic heterocycles. The molecule has 0 saturated carbocycles. The quantitative estimate of drug-likeness (QED) is 0.389. The standard InChI is InChI=1S/C8H13N3O/c1-10-5-6-11(4-2-3-9)8(12)7-10/h4-7,9H2,1H3. The first-order valence-corrected chi connectivity index (χ1v) is 3.89. The fraction of sp³-hybridized carbons (Fsp3) is 0.625. The summed E-state index contributed by atoms with van der Waals surface area (Å²) in [6.45, 7) is 2.62. The van der Waals surface area contributed by atoms with Crippen molar-refractivity contribution in [3.8, 4) is 12.0 Å². The molecule has 0 aromatic rings. The van der Waals surface area contributed by atoms with E-state index in [4.69, 9.17) is 5.73 Å². The van der Waals surface area contributed by atoms with Crippen LogP contribution in [0.1, 0.15) is 0 Å². The predicted molar refractivity (Wildman–Crippen MR) is 46.0 cm³/mol. The maximum atomic E-state index is 11.3. The Morgan fingerprint density at radius 3 is 2.92 bits per heavy atom. The topological polar surface area (TPSA) is 49.6 Å². The van der Waals surface area contributed by atoms with Gasteiger partial charge in [-0.1, -0.05) is 5.92 Å². The molecule has 0 aromatic carbocycles. The van der Waals surface area contributed by atoms with Crippen molar-refractivity contribution < 1.29 is 4.79 Å². The number of hydrogen-bond acceptors (Lipinski definition) is 3. The third-order valence-corrected chi connectivity index (χ3v) is 1.88. The number of carbonyl (C=O) groups excluding carboxylic acids is 1. The summed E-state index contributed by atoms with van der Waals surface area (Å²) in [6.07, 6.45) is 0. The highest BCUT2D eigenvalue weighted by molar-refractivity contribution is 5.79. The number of nitrogens with two attached hydrogens (primary N) is 1. The Labute approximate surface area is 72.3 Å². The van der Waals surface area contributed by atoms with Crippen LogP contribution in [0.5, 0.6) is 0 Å². The van der Waals surface area contributed by atoms with Gasteiger partial charge < -0.3 is 10.6 Å². The van der Waals surface area contributed by atoms with E-state index in [2.05, 4.69) is 12.0 Å². The molecular formula is C8H13N3O. The van der Waals surface area contributed by atoms with Gasteiger partial charge in [-0.2, -0.15) is 0 Å². The summed E-state index contributed by atoms with van der Waals surface area (Å²) >= 11 is 0. The molecule has 0 spiro atoms. The lowest BCUT2D eigenvalue weighted by atomic mass is 10.3. The molecule has 1 rings (SSSR count). The molecule has 1 fully saturated rings. The zero-order chi connectivity index (χ0) is 8.97. The van der Waals surface area contributed by atoms with Gasteiger partial charge in [0.25, 0.3) is 0 Å². The molecule has 0 atom stereocenters. The number of carbonyl (C=O) groups is 1. The first kappa shape index (κ1) is 8.88. The molecule has 1 heterocycles. The monoisotopic (exact) mass is 167 g/mol. The number of nitrogens with zero attached hydrogens (tertiary/aromatic N) is 2. The van der Waals surface area contributed by atoms with Crippen LogP contribution in [0.25, 0.3) is 0 Å². The molecule has 1 aliphatic rings. The number of piperazine rings is 1. The Kier molecular flexibility index (Phi) is 2.94. The molecule has 1 amide bonds. The lowest BCUT2D eigenvalue weighted by Gasteiger charge is -2.30. The Hall–Kier alpha value is -1.21. The third-order valence-electron chi connectivity index (χ3n) is 1.88. The summed E-state index contributed by atoms with van der Waals surface area (Å²) < 4.78 is 0. The summed E-state index contributed by atoms with van der Waals surface area (Å²) in [6, 6.07) is 2.29. The van der Waals surface area contributed by atoms with Gasteiger partial charge in [0.1, 0.15) is 0 Å². The van der Waals surface area contributed by atoms with Crippen molar-refractivity contribution in [2.75, 3.05) is 33.2 Å². The molecule has 2 N–H and O–H groups in total. The maximum absolute atomic E-state index is 11.3. The highest BCUT2D eigenvalue weighted by Crippen LogP contribution is 1.99. The summed E-state index contributed by atoms with van der Waals surface area (Å²) in [5, 5.41) is 0. The van der Waals surface area contributed by atoms with Crippen molar-refractivity contribution in [2.24, 2.45) is 5.73 Å². The number of hydrogen-bond donors (Lipinski definition) is 1. The van der Waals surface area contributed by atoms with Crippen molar-refractivity contribution in [2.45, 2.75) is 0 Å². The van der Waals surface area contributed by atoms with Crippen LogP contribution in [0.2, 0.25) is 0 Å². The fourth-order valence-corrected chi connectivity index (χ4v) is 1.13. The SMILES string of the molecule is CN1CCN(CC#CN)C(=O)C1. The Balaban J connectivity index is 2.43. The molecule has 4 heteroatoms. The van der Waals surface area contributed by atoms with E-state index in [-0.39, 0.29) is 5.91 Å². The normalized spacial score (nSPS) is 18.8. The molecular weight excluding hydrogens is 154 g/mol. The van der Waals surface area contributed by atoms with Gasteiger partial charge in [0, 0.05) is 19.1 Å². The Bertz CT molecular complexity index is 228. The fourth-order valence-electron chi connectivity index (χ4n) is 1.13. The number of amides is 1. The molecule has 1 saturated heterocycles. The van der Waals surface area contributed by atoms with Crippen LogP contribution in [-0.2, 0) is 4.79 Å². The van der Waals surface area contributed by atoms with E-state index in [1.165, 1.54) is 0 Å². The van der Waals surface area contributed by atoms with Gasteiger partial charge in [0.15, 0.2) is 0 Å². The van der Waals surface area contributed by atoms with E-state index in [9.17, 15) is 4.79 Å². The second-order valence-corrected chi connectivity index (χ2v) is 2.87. The molecule has 0 aliphatic carbocycles. The van der Waals surface area contributed by atoms with Crippen molar-refractivity contribution in [3.63, 3.8) is 0 Å². The van der Waals surface area contributed by atoms with Crippen LogP contribution in [0.4, 0.5) is 0 Å². The van der Waals surface area contributed by atoms with Gasteiger partial charge in [-0.3, -0.25) is 9.69 Å². The van der Waals surface area contributed by atoms with Gasteiger partial charge in [-0.25, -0.2) is 0 Å². The average Bonchev–Trinajstić information content (AvgIpc) is 2.03. The minimum Gasteiger partial charge on any atom is -0.359 e. The minimum atomic E-state index is 0.131. The first-order valence-electron chi connectivity index (χ1n) is 3.89. The van der Waals surface area contributed by atoms with Crippen LogP contribution >= 0.6 is 0 Å². The third kappa shape index (κ3) is 2.14. The van der Waals surface area contributed by atoms with E-state index < -0.39 is 0 Å². The molecule has 0 radical (unpaired) electrons. The number of rotatable bonds is 1.